The second kappa shape index (κ2) is 12.9. The van der Waals surface area contributed by atoms with Gasteiger partial charge in [0.15, 0.2) is 11.5 Å². The van der Waals surface area contributed by atoms with E-state index in [0.29, 0.717) is 19.3 Å². The molecular weight excluding hydrogens is 382 g/mol. The molecule has 0 saturated heterocycles. The minimum Gasteiger partial charge on any atom is -0.490 e. The van der Waals surface area contributed by atoms with Crippen molar-refractivity contribution in [2.75, 3.05) is 26.4 Å². The van der Waals surface area contributed by atoms with Crippen LogP contribution in [-0.2, 0) is 11.3 Å². The van der Waals surface area contributed by atoms with Crippen LogP contribution in [0.25, 0.3) is 0 Å². The quantitative estimate of drug-likeness (QED) is 0.542. The molecule has 0 aliphatic carbocycles. The molecule has 1 N–H and O–H groups in total. The third-order valence-electron chi connectivity index (χ3n) is 2.94. The third kappa shape index (κ3) is 8.80. The van der Waals surface area contributed by atoms with Crippen molar-refractivity contribution in [3.8, 4) is 11.5 Å². The molecule has 23 heavy (non-hydrogen) atoms. The molecular formula is C17H29BrClNO3. The fraction of sp³-hybridized carbons (Fsp3) is 0.647. The smallest absolute Gasteiger partial charge is 0.175 e. The first-order valence-corrected chi connectivity index (χ1v) is 8.78. The summed E-state index contributed by atoms with van der Waals surface area (Å²) in [6.45, 7) is 11.8. The molecule has 1 aromatic carbocycles. The van der Waals surface area contributed by atoms with Crippen molar-refractivity contribution in [2.24, 2.45) is 0 Å². The average Bonchev–Trinajstić information content (AvgIpc) is 2.46. The first-order valence-electron chi connectivity index (χ1n) is 7.98. The fourth-order valence-electron chi connectivity index (χ4n) is 2.02. The number of hydrogen-bond donors (Lipinski definition) is 1. The molecule has 0 fully saturated rings. The zero-order valence-electron chi connectivity index (χ0n) is 14.5. The Hall–Kier alpha value is -0.490. The largest absolute Gasteiger partial charge is 0.490 e. The van der Waals surface area contributed by atoms with Crippen LogP contribution in [0.1, 0.15) is 39.7 Å². The predicted molar refractivity (Wildman–Crippen MR) is 101 cm³/mol. The molecule has 4 nitrogen and oxygen atoms in total. The Balaban J connectivity index is 0.00000484. The van der Waals surface area contributed by atoms with Gasteiger partial charge in [-0.3, -0.25) is 0 Å². The highest BCUT2D eigenvalue weighted by Crippen LogP contribution is 2.36. The van der Waals surface area contributed by atoms with E-state index in [2.05, 4.69) is 41.2 Å². The van der Waals surface area contributed by atoms with Crippen LogP contribution in [0.4, 0.5) is 0 Å². The Bertz CT molecular complexity index is 444. The van der Waals surface area contributed by atoms with E-state index in [9.17, 15) is 0 Å². The van der Waals surface area contributed by atoms with Gasteiger partial charge < -0.3 is 19.5 Å². The van der Waals surface area contributed by atoms with Crippen LogP contribution in [0.15, 0.2) is 16.6 Å². The lowest BCUT2D eigenvalue weighted by molar-refractivity contribution is 0.0770. The molecule has 0 bridgehead atoms. The molecule has 0 heterocycles. The van der Waals surface area contributed by atoms with Crippen molar-refractivity contribution < 1.29 is 14.2 Å². The van der Waals surface area contributed by atoms with Crippen LogP contribution in [-0.4, -0.2) is 32.5 Å². The molecule has 0 radical (unpaired) electrons. The summed E-state index contributed by atoms with van der Waals surface area (Å²) in [5.74, 6) is 1.57. The maximum Gasteiger partial charge on any atom is 0.175 e. The van der Waals surface area contributed by atoms with Crippen LogP contribution in [0.2, 0.25) is 0 Å². The SMILES string of the molecule is CCOc1cc(CNCCCOC(C)C)cc(Br)c1OCC.Cl. The van der Waals surface area contributed by atoms with Crippen LogP contribution >= 0.6 is 28.3 Å². The predicted octanol–water partition coefficient (Wildman–Crippen LogP) is 4.57. The van der Waals surface area contributed by atoms with E-state index in [1.807, 2.05) is 19.9 Å². The van der Waals surface area contributed by atoms with Gasteiger partial charge in [-0.15, -0.1) is 12.4 Å². The third-order valence-corrected chi connectivity index (χ3v) is 3.53. The van der Waals surface area contributed by atoms with Gasteiger partial charge in [0.2, 0.25) is 0 Å². The minimum absolute atomic E-state index is 0. The molecule has 0 aromatic heterocycles. The molecule has 0 amide bonds. The highest BCUT2D eigenvalue weighted by atomic mass is 79.9. The van der Waals surface area contributed by atoms with E-state index >= 15 is 0 Å². The molecule has 0 atom stereocenters. The van der Waals surface area contributed by atoms with Crippen molar-refractivity contribution in [2.45, 2.75) is 46.8 Å². The summed E-state index contributed by atoms with van der Waals surface area (Å²) in [6.07, 6.45) is 1.31. The number of benzene rings is 1. The van der Waals surface area contributed by atoms with Crippen LogP contribution in [0.3, 0.4) is 0 Å². The standard InChI is InChI=1S/C17H28BrNO3.ClH/c1-5-20-16-11-14(10-15(18)17(16)21-6-2)12-19-8-7-9-22-13(3)4;/h10-11,13,19H,5-9,12H2,1-4H3;1H. The van der Waals surface area contributed by atoms with Crippen molar-refractivity contribution in [1.29, 1.82) is 0 Å². The zero-order chi connectivity index (χ0) is 16.4. The lowest BCUT2D eigenvalue weighted by Crippen LogP contribution is -2.17. The first-order chi connectivity index (χ1) is 10.6. The molecule has 6 heteroatoms. The second-order valence-electron chi connectivity index (χ2n) is 5.22. The molecule has 0 spiro atoms. The van der Waals surface area contributed by atoms with Crippen molar-refractivity contribution >= 4 is 28.3 Å². The average molecular weight is 411 g/mol. The molecule has 0 saturated carbocycles. The van der Waals surface area contributed by atoms with Gasteiger partial charge in [0.05, 0.1) is 23.8 Å². The van der Waals surface area contributed by atoms with E-state index in [4.69, 9.17) is 14.2 Å². The summed E-state index contributed by atoms with van der Waals surface area (Å²) in [4.78, 5) is 0. The molecule has 0 aliphatic rings. The number of ether oxygens (including phenoxy) is 3. The Morgan fingerprint density at radius 1 is 1.13 bits per heavy atom. The Morgan fingerprint density at radius 3 is 2.43 bits per heavy atom. The normalized spacial score (nSPS) is 10.5. The van der Waals surface area contributed by atoms with Crippen molar-refractivity contribution in [3.63, 3.8) is 0 Å². The first kappa shape index (κ1) is 22.5. The van der Waals surface area contributed by atoms with Gasteiger partial charge in [-0.25, -0.2) is 0 Å². The van der Waals surface area contributed by atoms with Crippen molar-refractivity contribution in [3.05, 3.63) is 22.2 Å². The second-order valence-corrected chi connectivity index (χ2v) is 6.08. The highest BCUT2D eigenvalue weighted by molar-refractivity contribution is 9.10. The van der Waals surface area contributed by atoms with Gasteiger partial charge in [-0.2, -0.15) is 0 Å². The van der Waals surface area contributed by atoms with Gasteiger partial charge >= 0.3 is 0 Å². The molecule has 0 aliphatic heterocycles. The molecule has 1 rings (SSSR count). The summed E-state index contributed by atoms with van der Waals surface area (Å²) in [5, 5.41) is 3.43. The van der Waals surface area contributed by atoms with Gasteiger partial charge in [-0.05, 0) is 74.3 Å². The van der Waals surface area contributed by atoms with Gasteiger partial charge in [0.1, 0.15) is 0 Å². The van der Waals surface area contributed by atoms with Gasteiger partial charge in [0.25, 0.3) is 0 Å². The lowest BCUT2D eigenvalue weighted by atomic mass is 10.2. The van der Waals surface area contributed by atoms with Gasteiger partial charge in [-0.1, -0.05) is 0 Å². The number of halogens is 2. The lowest BCUT2D eigenvalue weighted by Gasteiger charge is -2.15. The monoisotopic (exact) mass is 409 g/mol. The fourth-order valence-corrected chi connectivity index (χ4v) is 2.62. The molecule has 0 unspecified atom stereocenters. The van der Waals surface area contributed by atoms with E-state index in [1.165, 1.54) is 5.56 Å². The summed E-state index contributed by atoms with van der Waals surface area (Å²) in [7, 11) is 0. The topological polar surface area (TPSA) is 39.7 Å². The maximum atomic E-state index is 5.68. The van der Waals surface area contributed by atoms with Crippen LogP contribution in [0, 0.1) is 0 Å². The summed E-state index contributed by atoms with van der Waals surface area (Å²) in [6, 6.07) is 4.11. The van der Waals surface area contributed by atoms with E-state index in [0.717, 1.165) is 42.1 Å². The van der Waals surface area contributed by atoms with Gasteiger partial charge in [0, 0.05) is 13.2 Å². The Kier molecular flexibility index (Phi) is 12.6. The molecule has 134 valence electrons. The minimum atomic E-state index is 0. The summed E-state index contributed by atoms with van der Waals surface area (Å²) >= 11 is 3.57. The highest BCUT2D eigenvalue weighted by Gasteiger charge is 2.11. The summed E-state index contributed by atoms with van der Waals surface area (Å²) < 4.78 is 17.8. The Morgan fingerprint density at radius 2 is 1.83 bits per heavy atom. The zero-order valence-corrected chi connectivity index (χ0v) is 16.9. The number of rotatable bonds is 11. The van der Waals surface area contributed by atoms with Crippen LogP contribution in [0.5, 0.6) is 11.5 Å². The van der Waals surface area contributed by atoms with Crippen LogP contribution < -0.4 is 14.8 Å². The summed E-state index contributed by atoms with van der Waals surface area (Å²) in [5.41, 5.74) is 1.17. The molecule has 1 aromatic rings. The Labute approximate surface area is 154 Å². The van der Waals surface area contributed by atoms with E-state index < -0.39 is 0 Å². The van der Waals surface area contributed by atoms with E-state index in [1.54, 1.807) is 0 Å². The number of hydrogen-bond acceptors (Lipinski definition) is 4. The number of nitrogens with one attached hydrogen (secondary N) is 1. The maximum absolute atomic E-state index is 5.68. The van der Waals surface area contributed by atoms with Crippen molar-refractivity contribution in [1.82, 2.24) is 5.32 Å². The van der Waals surface area contributed by atoms with E-state index in [-0.39, 0.29) is 12.4 Å².